The van der Waals surface area contributed by atoms with Crippen molar-refractivity contribution in [1.29, 1.82) is 0 Å². The van der Waals surface area contributed by atoms with Crippen molar-refractivity contribution in [1.82, 2.24) is 10.2 Å². The molecule has 88 valence electrons. The van der Waals surface area contributed by atoms with Crippen LogP contribution in [0.15, 0.2) is 0 Å². The highest BCUT2D eigenvalue weighted by Gasteiger charge is 2.14. The van der Waals surface area contributed by atoms with Gasteiger partial charge < -0.3 is 14.8 Å². The molecule has 2 fully saturated rings. The van der Waals surface area contributed by atoms with E-state index >= 15 is 0 Å². The Hall–Kier alpha value is -0.160. The first-order valence-electron chi connectivity index (χ1n) is 6.06. The monoisotopic (exact) mass is 214 g/mol. The molecule has 4 nitrogen and oxygen atoms in total. The van der Waals surface area contributed by atoms with Crippen LogP contribution in [0.2, 0.25) is 0 Å². The topological polar surface area (TPSA) is 33.7 Å². The molecule has 0 aromatic heterocycles. The Morgan fingerprint density at radius 3 is 2.73 bits per heavy atom. The van der Waals surface area contributed by atoms with Crippen LogP contribution in [-0.4, -0.2) is 63.5 Å². The number of nitrogens with one attached hydrogen (secondary N) is 1. The van der Waals surface area contributed by atoms with E-state index in [-0.39, 0.29) is 0 Å². The second-order valence-electron chi connectivity index (χ2n) is 4.32. The molecule has 0 bridgehead atoms. The fourth-order valence-electron chi connectivity index (χ4n) is 2.13. The summed E-state index contributed by atoms with van der Waals surface area (Å²) in [7, 11) is 0. The largest absolute Gasteiger partial charge is 0.380 e. The third-order valence-electron chi connectivity index (χ3n) is 3.12. The molecule has 2 saturated heterocycles. The Bertz CT molecular complexity index is 166. The van der Waals surface area contributed by atoms with Crippen molar-refractivity contribution in [2.75, 3.05) is 52.6 Å². The highest BCUT2D eigenvalue weighted by Crippen LogP contribution is 2.03. The first-order chi connectivity index (χ1) is 7.45. The fourth-order valence-corrected chi connectivity index (χ4v) is 2.13. The smallest absolute Gasteiger partial charge is 0.0620 e. The van der Waals surface area contributed by atoms with Crippen molar-refractivity contribution >= 4 is 0 Å². The van der Waals surface area contributed by atoms with Crippen molar-refractivity contribution in [3.63, 3.8) is 0 Å². The highest BCUT2D eigenvalue weighted by molar-refractivity contribution is 4.71. The van der Waals surface area contributed by atoms with E-state index in [4.69, 9.17) is 9.47 Å². The lowest BCUT2D eigenvalue weighted by Crippen LogP contribution is -2.38. The Labute approximate surface area is 91.9 Å². The minimum absolute atomic E-state index is 0.606. The van der Waals surface area contributed by atoms with Crippen LogP contribution in [0.1, 0.15) is 12.8 Å². The maximum Gasteiger partial charge on any atom is 0.0620 e. The normalized spacial score (nSPS) is 28.4. The van der Waals surface area contributed by atoms with Gasteiger partial charge in [0.2, 0.25) is 0 Å². The molecule has 2 rings (SSSR count). The van der Waals surface area contributed by atoms with Gasteiger partial charge in [-0.25, -0.2) is 0 Å². The zero-order valence-corrected chi connectivity index (χ0v) is 9.41. The summed E-state index contributed by atoms with van der Waals surface area (Å²) in [5.74, 6) is 0. The molecule has 1 atom stereocenters. The summed E-state index contributed by atoms with van der Waals surface area (Å²) in [4.78, 5) is 2.48. The molecule has 1 N–H and O–H groups in total. The molecule has 0 amide bonds. The number of hydrogen-bond acceptors (Lipinski definition) is 4. The van der Waals surface area contributed by atoms with Crippen LogP contribution in [0.4, 0.5) is 0 Å². The van der Waals surface area contributed by atoms with E-state index in [0.29, 0.717) is 6.04 Å². The predicted molar refractivity (Wildman–Crippen MR) is 59.1 cm³/mol. The van der Waals surface area contributed by atoms with E-state index in [1.807, 2.05) is 0 Å². The summed E-state index contributed by atoms with van der Waals surface area (Å²) < 4.78 is 10.6. The van der Waals surface area contributed by atoms with Crippen LogP contribution in [0.5, 0.6) is 0 Å². The summed E-state index contributed by atoms with van der Waals surface area (Å²) >= 11 is 0. The summed E-state index contributed by atoms with van der Waals surface area (Å²) in [6.07, 6.45) is 2.41. The second-order valence-corrected chi connectivity index (χ2v) is 4.32. The standard InChI is InChI=1S/C11H22N2O2/c1(3-12-11-2-7-15-10-11)4-13-5-8-14-9-6-13/h11-12H,1-10H2. The molecule has 0 radical (unpaired) electrons. The van der Waals surface area contributed by atoms with Crippen LogP contribution in [0, 0.1) is 0 Å². The van der Waals surface area contributed by atoms with E-state index in [1.165, 1.54) is 19.4 Å². The summed E-state index contributed by atoms with van der Waals surface area (Å²) in [5, 5.41) is 3.54. The number of rotatable bonds is 5. The van der Waals surface area contributed by atoms with Crippen LogP contribution in [0.25, 0.3) is 0 Å². The van der Waals surface area contributed by atoms with Gasteiger partial charge in [-0.05, 0) is 25.9 Å². The molecular formula is C11H22N2O2. The molecule has 0 aromatic carbocycles. The van der Waals surface area contributed by atoms with Gasteiger partial charge in [0.15, 0.2) is 0 Å². The lowest BCUT2D eigenvalue weighted by Gasteiger charge is -2.26. The molecule has 2 aliphatic heterocycles. The molecule has 4 heteroatoms. The Morgan fingerprint density at radius 2 is 2.00 bits per heavy atom. The molecule has 2 heterocycles. The van der Waals surface area contributed by atoms with Crippen molar-refractivity contribution in [3.05, 3.63) is 0 Å². The lowest BCUT2D eigenvalue weighted by atomic mass is 10.2. The van der Waals surface area contributed by atoms with Gasteiger partial charge in [0.05, 0.1) is 19.8 Å². The van der Waals surface area contributed by atoms with Crippen LogP contribution in [0.3, 0.4) is 0 Å². The van der Waals surface area contributed by atoms with E-state index in [2.05, 4.69) is 10.2 Å². The minimum atomic E-state index is 0.606. The van der Waals surface area contributed by atoms with Gasteiger partial charge >= 0.3 is 0 Å². The van der Waals surface area contributed by atoms with E-state index in [1.54, 1.807) is 0 Å². The highest BCUT2D eigenvalue weighted by atomic mass is 16.5. The molecule has 0 aromatic rings. The molecule has 2 aliphatic rings. The molecule has 15 heavy (non-hydrogen) atoms. The summed E-state index contributed by atoms with van der Waals surface area (Å²) in [6.45, 7) is 8.17. The molecule has 0 saturated carbocycles. The number of hydrogen-bond donors (Lipinski definition) is 1. The zero-order valence-electron chi connectivity index (χ0n) is 9.41. The van der Waals surface area contributed by atoms with Gasteiger partial charge in [0.25, 0.3) is 0 Å². The van der Waals surface area contributed by atoms with Gasteiger partial charge in [-0.1, -0.05) is 0 Å². The zero-order chi connectivity index (χ0) is 10.3. The van der Waals surface area contributed by atoms with Gasteiger partial charge in [0, 0.05) is 25.7 Å². The third-order valence-corrected chi connectivity index (χ3v) is 3.12. The van der Waals surface area contributed by atoms with Gasteiger partial charge in [-0.2, -0.15) is 0 Å². The fraction of sp³-hybridized carbons (Fsp3) is 1.00. The van der Waals surface area contributed by atoms with Crippen molar-refractivity contribution in [2.24, 2.45) is 0 Å². The van der Waals surface area contributed by atoms with Crippen molar-refractivity contribution < 1.29 is 9.47 Å². The average Bonchev–Trinajstić information content (AvgIpc) is 2.79. The Balaban J connectivity index is 1.47. The van der Waals surface area contributed by atoms with Crippen LogP contribution in [-0.2, 0) is 9.47 Å². The Kier molecular flexibility index (Phi) is 4.86. The summed E-state index contributed by atoms with van der Waals surface area (Å²) in [5.41, 5.74) is 0. The number of nitrogens with zero attached hydrogens (tertiary/aromatic N) is 1. The van der Waals surface area contributed by atoms with Crippen molar-refractivity contribution in [2.45, 2.75) is 18.9 Å². The van der Waals surface area contributed by atoms with E-state index in [9.17, 15) is 0 Å². The predicted octanol–water partition coefficient (Wildman–Crippen LogP) is 0.0872. The molecular weight excluding hydrogens is 192 g/mol. The maximum absolute atomic E-state index is 5.31. The first kappa shape index (κ1) is 11.3. The minimum Gasteiger partial charge on any atom is -0.380 e. The van der Waals surface area contributed by atoms with Crippen LogP contribution < -0.4 is 5.32 Å². The first-order valence-corrected chi connectivity index (χ1v) is 6.06. The summed E-state index contributed by atoms with van der Waals surface area (Å²) in [6, 6.07) is 0.606. The molecule has 1 unspecified atom stereocenters. The van der Waals surface area contributed by atoms with E-state index < -0.39 is 0 Å². The molecule has 0 spiro atoms. The van der Waals surface area contributed by atoms with Gasteiger partial charge in [-0.3, -0.25) is 4.90 Å². The maximum atomic E-state index is 5.31. The molecule has 0 aliphatic carbocycles. The lowest BCUT2D eigenvalue weighted by molar-refractivity contribution is 0.0373. The van der Waals surface area contributed by atoms with Gasteiger partial charge in [-0.15, -0.1) is 0 Å². The van der Waals surface area contributed by atoms with Gasteiger partial charge in [0.1, 0.15) is 0 Å². The number of ether oxygens (including phenoxy) is 2. The Morgan fingerprint density at radius 1 is 1.13 bits per heavy atom. The average molecular weight is 214 g/mol. The second kappa shape index (κ2) is 6.43. The quantitative estimate of drug-likeness (QED) is 0.658. The number of morpholine rings is 1. The van der Waals surface area contributed by atoms with E-state index in [0.717, 1.165) is 46.1 Å². The third kappa shape index (κ3) is 4.07. The van der Waals surface area contributed by atoms with Crippen LogP contribution >= 0.6 is 0 Å². The van der Waals surface area contributed by atoms with Crippen molar-refractivity contribution in [3.8, 4) is 0 Å². The SMILES string of the molecule is C(CNC1CCOC1)CN1CCOCC1.